The highest BCUT2D eigenvalue weighted by molar-refractivity contribution is 5.97. The van der Waals surface area contributed by atoms with Gasteiger partial charge in [-0.1, -0.05) is 26.0 Å². The Balaban J connectivity index is 1.76. The van der Waals surface area contributed by atoms with Crippen LogP contribution in [0.25, 0.3) is 0 Å². The molecule has 4 rings (SSSR count). The first-order chi connectivity index (χ1) is 21.0. The predicted molar refractivity (Wildman–Crippen MR) is 164 cm³/mol. The average molecular weight is 610 g/mol. The minimum atomic E-state index is -0.905. The molecule has 0 aliphatic carbocycles. The number of rotatable bonds is 5. The Kier molecular flexibility index (Phi) is 13.0. The first-order valence-corrected chi connectivity index (χ1v) is 14.8. The Morgan fingerprint density at radius 1 is 1.00 bits per heavy atom. The number of likely N-dealkylation sites (N-methyl/N-ethyl adjacent to an activating group) is 1. The van der Waals surface area contributed by atoms with Gasteiger partial charge in [0.2, 0.25) is 17.7 Å². The molecule has 2 aliphatic heterocycles. The summed E-state index contributed by atoms with van der Waals surface area (Å²) in [7, 11) is 3.16. The van der Waals surface area contributed by atoms with Crippen molar-refractivity contribution in [1.82, 2.24) is 26.2 Å². The zero-order valence-corrected chi connectivity index (χ0v) is 25.8. The summed E-state index contributed by atoms with van der Waals surface area (Å²) in [6.45, 7) is 4.42. The normalized spacial score (nSPS) is 19.5. The van der Waals surface area contributed by atoms with Gasteiger partial charge in [0.25, 0.3) is 11.8 Å². The molecule has 12 heteroatoms. The molecule has 5 amide bonds. The number of nitrogens with one attached hydrogen (secondary N) is 4. The molecule has 44 heavy (non-hydrogen) atoms. The summed E-state index contributed by atoms with van der Waals surface area (Å²) < 4.78 is 10.7. The third-order valence-electron chi connectivity index (χ3n) is 7.07. The number of benzene rings is 2. The number of hydrogen-bond acceptors (Lipinski definition) is 7. The van der Waals surface area contributed by atoms with Gasteiger partial charge in [0.05, 0.1) is 7.11 Å². The largest absolute Gasteiger partial charge is 0.497 e. The van der Waals surface area contributed by atoms with E-state index < -0.39 is 23.9 Å². The second-order valence-corrected chi connectivity index (χ2v) is 11.1. The highest BCUT2D eigenvalue weighted by Crippen LogP contribution is 2.15. The van der Waals surface area contributed by atoms with Crippen LogP contribution in [0.3, 0.4) is 0 Å². The Labute approximate surface area is 258 Å². The molecule has 2 atom stereocenters. The third kappa shape index (κ3) is 10.9. The SMILES string of the molecule is COc1ccc(C(=O)N[C@H]2Cc3ccc(cc3)OCC(=O)NCCN(C)C(=O)[C@H](CC(C)C)NC(=O)CCCNC2=O)cc1. The quantitative estimate of drug-likeness (QED) is 0.374. The molecule has 2 heterocycles. The fraction of sp³-hybridized carbons (Fsp3) is 0.469. The predicted octanol–water partition coefficient (Wildman–Crippen LogP) is 1.43. The van der Waals surface area contributed by atoms with Crippen molar-refractivity contribution < 1.29 is 33.4 Å². The number of nitrogens with zero attached hydrogens (tertiary/aromatic N) is 1. The van der Waals surface area contributed by atoms with Crippen LogP contribution in [-0.4, -0.2) is 86.9 Å². The van der Waals surface area contributed by atoms with Crippen molar-refractivity contribution in [3.8, 4) is 11.5 Å². The van der Waals surface area contributed by atoms with Crippen molar-refractivity contribution in [2.24, 2.45) is 5.92 Å². The van der Waals surface area contributed by atoms with Crippen LogP contribution in [0.1, 0.15) is 49.0 Å². The Hall–Kier alpha value is -4.61. The van der Waals surface area contributed by atoms with E-state index in [1.165, 1.54) is 12.0 Å². The molecule has 12 nitrogen and oxygen atoms in total. The third-order valence-corrected chi connectivity index (χ3v) is 7.07. The molecule has 2 bridgehead atoms. The fourth-order valence-corrected chi connectivity index (χ4v) is 4.63. The van der Waals surface area contributed by atoms with E-state index in [0.29, 0.717) is 29.9 Å². The first kappa shape index (κ1) is 33.9. The van der Waals surface area contributed by atoms with Crippen molar-refractivity contribution in [2.75, 3.05) is 40.4 Å². The molecule has 2 aromatic rings. The number of carbonyl (C=O) groups is 5. The van der Waals surface area contributed by atoms with Gasteiger partial charge in [0.1, 0.15) is 23.6 Å². The molecule has 2 aromatic carbocycles. The molecule has 0 aromatic heterocycles. The second-order valence-electron chi connectivity index (χ2n) is 11.1. The van der Waals surface area contributed by atoms with E-state index in [-0.39, 0.29) is 62.7 Å². The van der Waals surface area contributed by atoms with Crippen LogP contribution in [0, 0.1) is 5.92 Å². The maximum atomic E-state index is 13.2. The van der Waals surface area contributed by atoms with Crippen LogP contribution in [0.4, 0.5) is 0 Å². The minimum Gasteiger partial charge on any atom is -0.497 e. The molecule has 4 N–H and O–H groups in total. The van der Waals surface area contributed by atoms with E-state index >= 15 is 0 Å². The zero-order chi connectivity index (χ0) is 32.1. The first-order valence-electron chi connectivity index (χ1n) is 14.8. The van der Waals surface area contributed by atoms with Crippen LogP contribution in [-0.2, 0) is 25.6 Å². The zero-order valence-electron chi connectivity index (χ0n) is 25.8. The maximum Gasteiger partial charge on any atom is 0.258 e. The van der Waals surface area contributed by atoms with Gasteiger partial charge in [0, 0.05) is 45.1 Å². The summed E-state index contributed by atoms with van der Waals surface area (Å²) >= 11 is 0. The van der Waals surface area contributed by atoms with Gasteiger partial charge in [-0.05, 0) is 60.7 Å². The van der Waals surface area contributed by atoms with Crippen LogP contribution >= 0.6 is 0 Å². The average Bonchev–Trinajstić information content (AvgIpc) is 3.00. The molecule has 2 aliphatic rings. The van der Waals surface area contributed by atoms with E-state index in [1.54, 1.807) is 55.6 Å². The van der Waals surface area contributed by atoms with E-state index in [9.17, 15) is 24.0 Å². The lowest BCUT2D eigenvalue weighted by Gasteiger charge is -2.26. The van der Waals surface area contributed by atoms with Crippen molar-refractivity contribution in [3.05, 3.63) is 59.7 Å². The summed E-state index contributed by atoms with van der Waals surface area (Å²) in [6.07, 6.45) is 1.10. The van der Waals surface area contributed by atoms with Gasteiger partial charge in [-0.15, -0.1) is 0 Å². The molecule has 0 fully saturated rings. The van der Waals surface area contributed by atoms with Gasteiger partial charge in [-0.25, -0.2) is 0 Å². The summed E-state index contributed by atoms with van der Waals surface area (Å²) in [4.78, 5) is 65.9. The standard InChI is InChI=1S/C32H43N5O7/c1-21(2)18-27-32(42)37(3)17-16-33-29(39)20-44-25-11-7-22(8-12-25)19-26(31(41)34-15-5-6-28(38)35-27)36-30(40)23-9-13-24(43-4)14-10-23/h7-14,21,26-27H,5-6,15-20H2,1-4H3,(H,33,39)(H,34,41)(H,35,38)(H,36,40)/t26-,27-/m0/s1. The van der Waals surface area contributed by atoms with Gasteiger partial charge in [-0.3, -0.25) is 24.0 Å². The molecule has 0 radical (unpaired) electrons. The lowest BCUT2D eigenvalue weighted by Crippen LogP contribution is -2.50. The summed E-state index contributed by atoms with van der Waals surface area (Å²) in [5.41, 5.74) is 1.13. The summed E-state index contributed by atoms with van der Waals surface area (Å²) in [6, 6.07) is 11.8. The lowest BCUT2D eigenvalue weighted by molar-refractivity contribution is -0.136. The van der Waals surface area contributed by atoms with Crippen LogP contribution in [0.5, 0.6) is 11.5 Å². The van der Waals surface area contributed by atoms with Crippen molar-refractivity contribution in [2.45, 2.75) is 51.6 Å². The van der Waals surface area contributed by atoms with E-state index in [4.69, 9.17) is 9.47 Å². The topological polar surface area (TPSA) is 155 Å². The molecular formula is C32H43N5O7. The summed E-state index contributed by atoms with van der Waals surface area (Å²) in [5, 5.41) is 11.2. The van der Waals surface area contributed by atoms with Gasteiger partial charge in [0.15, 0.2) is 6.61 Å². The highest BCUT2D eigenvalue weighted by atomic mass is 16.5. The van der Waals surface area contributed by atoms with Crippen LogP contribution in [0.2, 0.25) is 0 Å². The molecule has 0 saturated heterocycles. The molecule has 238 valence electrons. The Morgan fingerprint density at radius 3 is 2.36 bits per heavy atom. The monoisotopic (exact) mass is 609 g/mol. The number of hydrogen-bond donors (Lipinski definition) is 4. The molecule has 0 spiro atoms. The number of methoxy groups -OCH3 is 1. The van der Waals surface area contributed by atoms with E-state index in [2.05, 4.69) is 21.3 Å². The van der Waals surface area contributed by atoms with Crippen LogP contribution in [0.15, 0.2) is 48.5 Å². The van der Waals surface area contributed by atoms with Gasteiger partial charge in [-0.2, -0.15) is 0 Å². The second kappa shape index (κ2) is 16.9. The van der Waals surface area contributed by atoms with Gasteiger partial charge >= 0.3 is 0 Å². The molecular weight excluding hydrogens is 566 g/mol. The molecule has 0 saturated carbocycles. The van der Waals surface area contributed by atoms with Crippen LogP contribution < -0.4 is 30.7 Å². The van der Waals surface area contributed by atoms with Crippen molar-refractivity contribution >= 4 is 29.5 Å². The molecule has 0 unspecified atom stereocenters. The number of ether oxygens (including phenoxy) is 2. The smallest absolute Gasteiger partial charge is 0.258 e. The number of amides is 5. The van der Waals surface area contributed by atoms with E-state index in [1.807, 2.05) is 13.8 Å². The maximum absolute atomic E-state index is 13.2. The van der Waals surface area contributed by atoms with Crippen molar-refractivity contribution in [1.29, 1.82) is 0 Å². The van der Waals surface area contributed by atoms with E-state index in [0.717, 1.165) is 5.56 Å². The lowest BCUT2D eigenvalue weighted by atomic mass is 10.0. The highest BCUT2D eigenvalue weighted by Gasteiger charge is 2.26. The number of carbonyl (C=O) groups excluding carboxylic acids is 5. The minimum absolute atomic E-state index is 0.103. The van der Waals surface area contributed by atoms with Gasteiger partial charge < -0.3 is 35.6 Å². The Bertz CT molecular complexity index is 1280. The fourth-order valence-electron chi connectivity index (χ4n) is 4.63. The number of fused-ring (bicyclic) bond motifs is 19. The summed E-state index contributed by atoms with van der Waals surface area (Å²) in [5.74, 6) is -0.496. The Morgan fingerprint density at radius 2 is 1.70 bits per heavy atom. The van der Waals surface area contributed by atoms with Crippen molar-refractivity contribution in [3.63, 3.8) is 0 Å².